The van der Waals surface area contributed by atoms with Crippen LogP contribution in [0, 0.1) is 6.92 Å². The smallest absolute Gasteiger partial charge is 0.281 e. The molecule has 0 atom stereocenters. The summed E-state index contributed by atoms with van der Waals surface area (Å²) in [4.78, 5) is 17.3. The monoisotopic (exact) mass is 327 g/mol. The molecule has 3 rings (SSSR count). The molecule has 0 spiro atoms. The van der Waals surface area contributed by atoms with E-state index in [1.165, 1.54) is 0 Å². The van der Waals surface area contributed by atoms with Crippen molar-refractivity contribution in [3.8, 4) is 5.75 Å². The van der Waals surface area contributed by atoms with Gasteiger partial charge >= 0.3 is 0 Å². The number of rotatable bonds is 5. The number of fused-ring (bicyclic) bond motifs is 1. The van der Waals surface area contributed by atoms with Gasteiger partial charge in [0.1, 0.15) is 11.3 Å². The van der Waals surface area contributed by atoms with E-state index in [1.54, 1.807) is 23.4 Å². The molecule has 0 bridgehead atoms. The van der Waals surface area contributed by atoms with Crippen LogP contribution in [-0.2, 0) is 20.1 Å². The molecule has 0 aliphatic rings. The van der Waals surface area contributed by atoms with Crippen molar-refractivity contribution >= 4 is 17.0 Å². The van der Waals surface area contributed by atoms with Crippen LogP contribution >= 0.6 is 0 Å². The van der Waals surface area contributed by atoms with Crippen LogP contribution in [0.25, 0.3) is 11.0 Å². The van der Waals surface area contributed by atoms with Crippen LogP contribution in [0.5, 0.6) is 5.75 Å². The Morgan fingerprint density at radius 3 is 2.58 bits per heavy atom. The van der Waals surface area contributed by atoms with Gasteiger partial charge < -0.3 is 10.1 Å². The molecular weight excluding hydrogens is 306 g/mol. The van der Waals surface area contributed by atoms with Gasteiger partial charge in [-0.25, -0.2) is 4.98 Å². The summed E-state index contributed by atoms with van der Waals surface area (Å²) in [6, 6.07) is 7.78. The lowest BCUT2D eigenvalue weighted by Gasteiger charge is -2.13. The SMILES string of the molecule is CCn1c(NCc2ccc(OC)cc2)nc2c(C)nn(C)c2c1=O. The van der Waals surface area contributed by atoms with Gasteiger partial charge in [0.25, 0.3) is 5.56 Å². The molecule has 126 valence electrons. The summed E-state index contributed by atoms with van der Waals surface area (Å²) in [7, 11) is 3.41. The molecule has 2 aromatic heterocycles. The third-order valence-electron chi connectivity index (χ3n) is 4.04. The number of nitrogens with one attached hydrogen (secondary N) is 1. The normalized spacial score (nSPS) is 11.0. The van der Waals surface area contributed by atoms with Gasteiger partial charge in [-0.2, -0.15) is 5.10 Å². The molecule has 1 N–H and O–H groups in total. The van der Waals surface area contributed by atoms with Crippen LogP contribution < -0.4 is 15.6 Å². The van der Waals surface area contributed by atoms with Crippen LogP contribution in [0.3, 0.4) is 0 Å². The number of hydrogen-bond donors (Lipinski definition) is 1. The molecule has 1 aromatic carbocycles. The zero-order valence-electron chi connectivity index (χ0n) is 14.3. The highest BCUT2D eigenvalue weighted by Gasteiger charge is 2.15. The van der Waals surface area contributed by atoms with E-state index < -0.39 is 0 Å². The molecule has 0 fully saturated rings. The van der Waals surface area contributed by atoms with Gasteiger partial charge in [0.05, 0.1) is 12.8 Å². The van der Waals surface area contributed by atoms with Crippen LogP contribution in [0.4, 0.5) is 5.95 Å². The van der Waals surface area contributed by atoms with Crippen molar-refractivity contribution in [2.75, 3.05) is 12.4 Å². The second-order valence-corrected chi connectivity index (χ2v) is 5.59. The Labute approximate surface area is 139 Å². The molecule has 0 aliphatic heterocycles. The number of methoxy groups -OCH3 is 1. The van der Waals surface area contributed by atoms with E-state index in [0.717, 1.165) is 17.0 Å². The zero-order valence-corrected chi connectivity index (χ0v) is 14.3. The molecule has 2 heterocycles. The van der Waals surface area contributed by atoms with E-state index in [2.05, 4.69) is 15.4 Å². The molecule has 0 unspecified atom stereocenters. The Morgan fingerprint density at radius 1 is 1.25 bits per heavy atom. The summed E-state index contributed by atoms with van der Waals surface area (Å²) < 4.78 is 8.39. The lowest BCUT2D eigenvalue weighted by atomic mass is 10.2. The maximum absolute atomic E-state index is 12.7. The first-order valence-corrected chi connectivity index (χ1v) is 7.86. The summed E-state index contributed by atoms with van der Waals surface area (Å²) in [5, 5.41) is 7.57. The number of anilines is 1. The summed E-state index contributed by atoms with van der Waals surface area (Å²) in [5.41, 5.74) is 2.92. The molecule has 0 amide bonds. The highest BCUT2D eigenvalue weighted by atomic mass is 16.5. The topological polar surface area (TPSA) is 74.0 Å². The predicted molar refractivity (Wildman–Crippen MR) is 93.5 cm³/mol. The van der Waals surface area contributed by atoms with Crippen LogP contribution in [0.15, 0.2) is 29.1 Å². The van der Waals surface area contributed by atoms with Crippen molar-refractivity contribution in [2.45, 2.75) is 26.9 Å². The minimum absolute atomic E-state index is 0.0807. The second kappa shape index (κ2) is 6.35. The number of nitrogens with zero attached hydrogens (tertiary/aromatic N) is 4. The third kappa shape index (κ3) is 2.73. The molecule has 24 heavy (non-hydrogen) atoms. The van der Waals surface area contributed by atoms with Gasteiger partial charge in [-0.3, -0.25) is 14.0 Å². The Morgan fingerprint density at radius 2 is 1.96 bits per heavy atom. The van der Waals surface area contributed by atoms with Crippen molar-refractivity contribution in [2.24, 2.45) is 7.05 Å². The number of aryl methyl sites for hydroxylation is 2. The lowest BCUT2D eigenvalue weighted by molar-refractivity contribution is 0.414. The first kappa shape index (κ1) is 16.0. The van der Waals surface area contributed by atoms with Gasteiger partial charge in [-0.15, -0.1) is 0 Å². The minimum Gasteiger partial charge on any atom is -0.497 e. The van der Waals surface area contributed by atoms with Crippen molar-refractivity contribution < 1.29 is 4.74 Å². The van der Waals surface area contributed by atoms with Crippen molar-refractivity contribution in [3.63, 3.8) is 0 Å². The van der Waals surface area contributed by atoms with E-state index in [1.807, 2.05) is 38.1 Å². The summed E-state index contributed by atoms with van der Waals surface area (Å²) in [6.45, 7) is 4.90. The lowest BCUT2D eigenvalue weighted by Crippen LogP contribution is -2.25. The molecule has 7 nitrogen and oxygen atoms in total. The van der Waals surface area contributed by atoms with E-state index in [-0.39, 0.29) is 5.56 Å². The Bertz CT molecular complexity index is 925. The van der Waals surface area contributed by atoms with E-state index >= 15 is 0 Å². The van der Waals surface area contributed by atoms with Gasteiger partial charge in [-0.05, 0) is 31.5 Å². The Balaban J connectivity index is 1.96. The molecule has 0 aliphatic carbocycles. The molecule has 0 saturated heterocycles. The fourth-order valence-corrected chi connectivity index (χ4v) is 2.76. The second-order valence-electron chi connectivity index (χ2n) is 5.59. The van der Waals surface area contributed by atoms with Crippen molar-refractivity contribution in [3.05, 3.63) is 45.9 Å². The maximum Gasteiger partial charge on any atom is 0.281 e. The van der Waals surface area contributed by atoms with Gasteiger partial charge in [0.15, 0.2) is 5.52 Å². The summed E-state index contributed by atoms with van der Waals surface area (Å²) >= 11 is 0. The average molecular weight is 327 g/mol. The number of aromatic nitrogens is 4. The molecule has 7 heteroatoms. The molecular formula is C17H21N5O2. The molecule has 0 saturated carbocycles. The summed E-state index contributed by atoms with van der Waals surface area (Å²) in [5.74, 6) is 1.37. The first-order chi connectivity index (χ1) is 11.5. The fourth-order valence-electron chi connectivity index (χ4n) is 2.76. The van der Waals surface area contributed by atoms with E-state index in [9.17, 15) is 4.79 Å². The van der Waals surface area contributed by atoms with Crippen LogP contribution in [0.1, 0.15) is 18.2 Å². The van der Waals surface area contributed by atoms with Crippen LogP contribution in [-0.4, -0.2) is 26.4 Å². The molecule has 3 aromatic rings. The first-order valence-electron chi connectivity index (χ1n) is 7.86. The Hall–Kier alpha value is -2.83. The Kier molecular flexibility index (Phi) is 4.24. The minimum atomic E-state index is -0.0807. The number of hydrogen-bond acceptors (Lipinski definition) is 5. The van der Waals surface area contributed by atoms with Gasteiger partial charge in [0, 0.05) is 20.1 Å². The van der Waals surface area contributed by atoms with Gasteiger partial charge in [-0.1, -0.05) is 12.1 Å². The predicted octanol–water partition coefficient (Wildman–Crippen LogP) is 2.08. The number of ether oxygens (including phenoxy) is 1. The number of benzene rings is 1. The van der Waals surface area contributed by atoms with E-state index in [0.29, 0.717) is 30.1 Å². The van der Waals surface area contributed by atoms with Crippen molar-refractivity contribution in [1.82, 2.24) is 19.3 Å². The molecule has 0 radical (unpaired) electrons. The fraction of sp³-hybridized carbons (Fsp3) is 0.353. The quantitative estimate of drug-likeness (QED) is 0.776. The zero-order chi connectivity index (χ0) is 17.3. The highest BCUT2D eigenvalue weighted by Crippen LogP contribution is 2.16. The standard InChI is InChI=1S/C17H21N5O2/c1-5-22-16(23)15-14(11(2)20-21(15)3)19-17(22)18-10-12-6-8-13(24-4)9-7-12/h6-9H,5,10H2,1-4H3,(H,18,19). The highest BCUT2D eigenvalue weighted by molar-refractivity contribution is 5.77. The summed E-state index contributed by atoms with van der Waals surface area (Å²) in [6.07, 6.45) is 0. The average Bonchev–Trinajstić information content (AvgIpc) is 2.87. The van der Waals surface area contributed by atoms with Gasteiger partial charge in [0.2, 0.25) is 5.95 Å². The van der Waals surface area contributed by atoms with Crippen LogP contribution in [0.2, 0.25) is 0 Å². The third-order valence-corrected chi connectivity index (χ3v) is 4.04. The van der Waals surface area contributed by atoms with Crippen molar-refractivity contribution in [1.29, 1.82) is 0 Å². The largest absolute Gasteiger partial charge is 0.497 e. The van der Waals surface area contributed by atoms with E-state index in [4.69, 9.17) is 4.74 Å². The maximum atomic E-state index is 12.7.